The fourth-order valence-corrected chi connectivity index (χ4v) is 4.97. The highest BCUT2D eigenvalue weighted by Crippen LogP contribution is 2.55. The van der Waals surface area contributed by atoms with Gasteiger partial charge in [-0.3, -0.25) is 0 Å². The summed E-state index contributed by atoms with van der Waals surface area (Å²) in [6, 6.07) is 8.14. The molecule has 1 heterocycles. The molecule has 0 aromatic heterocycles. The Balaban J connectivity index is 1.93. The Morgan fingerprint density at radius 1 is 0.806 bits per heavy atom. The number of fused-ring (bicyclic) bond motifs is 3. The molecule has 0 N–H and O–H groups in total. The first-order valence-corrected chi connectivity index (χ1v) is 10.4. The molecular weight excluding hydrogens is 400 g/mol. The summed E-state index contributed by atoms with van der Waals surface area (Å²) in [7, 11) is 8.42. The molecule has 168 valence electrons. The third-order valence-electron chi connectivity index (χ3n) is 6.29. The third-order valence-corrected chi connectivity index (χ3v) is 6.29. The fraction of sp³-hybridized carbons (Fsp3) is 0.500. The van der Waals surface area contributed by atoms with Crippen LogP contribution in [0, 0.1) is 11.8 Å². The lowest BCUT2D eigenvalue weighted by Crippen LogP contribution is -2.36. The lowest BCUT2D eigenvalue weighted by molar-refractivity contribution is 0.0559. The van der Waals surface area contributed by atoms with Gasteiger partial charge < -0.3 is 33.2 Å². The van der Waals surface area contributed by atoms with E-state index in [9.17, 15) is 0 Å². The summed E-state index contributed by atoms with van der Waals surface area (Å²) in [4.78, 5) is 0. The molecule has 7 heteroatoms. The average molecular weight is 430 g/mol. The lowest BCUT2D eigenvalue weighted by Gasteiger charge is -2.40. The van der Waals surface area contributed by atoms with Crippen LogP contribution in [0.25, 0.3) is 0 Å². The quantitative estimate of drug-likeness (QED) is 0.633. The van der Waals surface area contributed by atoms with Gasteiger partial charge in [-0.25, -0.2) is 0 Å². The first kappa shape index (κ1) is 21.6. The molecule has 4 rings (SSSR count). The molecule has 31 heavy (non-hydrogen) atoms. The van der Waals surface area contributed by atoms with Crippen molar-refractivity contribution in [1.29, 1.82) is 0 Å². The van der Waals surface area contributed by atoms with E-state index in [0.29, 0.717) is 36.2 Å². The summed E-state index contributed by atoms with van der Waals surface area (Å²) >= 11 is 0. The molecule has 3 atom stereocenters. The molecule has 1 aliphatic heterocycles. The van der Waals surface area contributed by atoms with Gasteiger partial charge in [-0.05, 0) is 47.6 Å². The minimum absolute atomic E-state index is 0.00464. The number of hydrogen-bond acceptors (Lipinski definition) is 7. The molecule has 0 bridgehead atoms. The van der Waals surface area contributed by atoms with Gasteiger partial charge in [0, 0.05) is 32.3 Å². The topological polar surface area (TPSA) is 64.6 Å². The highest BCUT2D eigenvalue weighted by Gasteiger charge is 2.42. The molecule has 0 spiro atoms. The maximum Gasteiger partial charge on any atom is 0.231 e. The van der Waals surface area contributed by atoms with E-state index in [2.05, 4.69) is 12.1 Å². The number of methoxy groups -OCH3 is 5. The van der Waals surface area contributed by atoms with E-state index in [-0.39, 0.29) is 24.5 Å². The monoisotopic (exact) mass is 430 g/mol. The van der Waals surface area contributed by atoms with Gasteiger partial charge in [0.05, 0.1) is 27.9 Å². The Morgan fingerprint density at radius 3 is 2.19 bits per heavy atom. The molecule has 0 radical (unpaired) electrons. The minimum Gasteiger partial charge on any atom is -0.493 e. The molecule has 0 saturated heterocycles. The van der Waals surface area contributed by atoms with Crippen molar-refractivity contribution in [3.63, 3.8) is 0 Å². The van der Waals surface area contributed by atoms with Crippen molar-refractivity contribution in [2.45, 2.75) is 12.3 Å². The number of hydrogen-bond donors (Lipinski definition) is 0. The summed E-state index contributed by atoms with van der Waals surface area (Å²) in [5.41, 5.74) is 3.40. The number of ether oxygens (including phenoxy) is 7. The molecular formula is C24H30O7. The van der Waals surface area contributed by atoms with E-state index in [1.54, 1.807) is 35.5 Å². The van der Waals surface area contributed by atoms with Crippen LogP contribution in [-0.2, 0) is 15.9 Å². The van der Waals surface area contributed by atoms with Gasteiger partial charge in [0.25, 0.3) is 0 Å². The molecule has 0 amide bonds. The molecule has 0 unspecified atom stereocenters. The first-order chi connectivity index (χ1) is 15.2. The van der Waals surface area contributed by atoms with E-state index in [1.165, 1.54) is 5.56 Å². The van der Waals surface area contributed by atoms with Crippen molar-refractivity contribution in [2.24, 2.45) is 11.8 Å². The zero-order chi connectivity index (χ0) is 22.0. The normalized spacial score (nSPS) is 21.5. The van der Waals surface area contributed by atoms with E-state index in [4.69, 9.17) is 33.2 Å². The lowest BCUT2D eigenvalue weighted by atomic mass is 9.66. The molecule has 0 saturated carbocycles. The van der Waals surface area contributed by atoms with Crippen molar-refractivity contribution in [3.05, 3.63) is 41.0 Å². The molecule has 1 aliphatic carbocycles. The Labute approximate surface area is 183 Å². The second kappa shape index (κ2) is 9.24. The van der Waals surface area contributed by atoms with Gasteiger partial charge in [-0.15, -0.1) is 0 Å². The van der Waals surface area contributed by atoms with Crippen LogP contribution in [0.5, 0.6) is 28.7 Å². The second-order valence-corrected chi connectivity index (χ2v) is 7.85. The van der Waals surface area contributed by atoms with E-state index < -0.39 is 0 Å². The van der Waals surface area contributed by atoms with Gasteiger partial charge in [0.1, 0.15) is 0 Å². The smallest absolute Gasteiger partial charge is 0.231 e. The van der Waals surface area contributed by atoms with Crippen LogP contribution in [0.3, 0.4) is 0 Å². The minimum atomic E-state index is 0.00464. The number of rotatable bonds is 8. The molecule has 2 aromatic carbocycles. The highest BCUT2D eigenvalue weighted by molar-refractivity contribution is 5.64. The maximum atomic E-state index is 5.98. The van der Waals surface area contributed by atoms with Crippen molar-refractivity contribution < 1.29 is 33.2 Å². The summed E-state index contributed by atoms with van der Waals surface area (Å²) in [5.74, 6) is 3.94. The fourth-order valence-electron chi connectivity index (χ4n) is 4.97. The van der Waals surface area contributed by atoms with E-state index in [1.807, 2.05) is 12.1 Å². The van der Waals surface area contributed by atoms with E-state index >= 15 is 0 Å². The zero-order valence-electron chi connectivity index (χ0n) is 18.7. The standard InChI is InChI=1S/C24H30O7/c1-25-11-16-8-15-10-20(29-5)23-24(31-13-30-23)22(15)21(17(16)12-26-2)14-6-7-18(27-3)19(9-14)28-4/h6-7,9-10,16-17,21H,8,11-13H2,1-5H3/t16-,17-,21-/m1/s1. The van der Waals surface area contributed by atoms with Crippen molar-refractivity contribution in [3.8, 4) is 28.7 Å². The predicted octanol–water partition coefficient (Wildman–Crippen LogP) is 3.65. The van der Waals surface area contributed by atoms with Crippen LogP contribution in [0.2, 0.25) is 0 Å². The van der Waals surface area contributed by atoms with Crippen LogP contribution in [0.15, 0.2) is 24.3 Å². The zero-order valence-corrected chi connectivity index (χ0v) is 18.7. The SMILES string of the molecule is COC[C@H]1Cc2cc(OC)c3c(c2[C@H](c2ccc(OC)c(OC)c2)[C@@H]1COC)OCO3. The Bertz CT molecular complexity index is 927. The summed E-state index contributed by atoms with van der Waals surface area (Å²) < 4.78 is 39.7. The summed E-state index contributed by atoms with van der Waals surface area (Å²) in [6.07, 6.45) is 0.841. The maximum absolute atomic E-state index is 5.98. The van der Waals surface area contributed by atoms with Crippen LogP contribution < -0.4 is 23.7 Å². The van der Waals surface area contributed by atoms with E-state index in [0.717, 1.165) is 23.3 Å². The molecule has 2 aromatic rings. The molecule has 2 aliphatic rings. The summed E-state index contributed by atoms with van der Waals surface area (Å²) in [6.45, 7) is 1.40. The third kappa shape index (κ3) is 3.77. The van der Waals surface area contributed by atoms with Crippen LogP contribution >= 0.6 is 0 Å². The highest BCUT2D eigenvalue weighted by atomic mass is 16.7. The Kier molecular flexibility index (Phi) is 6.43. The van der Waals surface area contributed by atoms with Crippen LogP contribution in [-0.4, -0.2) is 55.6 Å². The Hall–Kier alpha value is -2.64. The molecule has 7 nitrogen and oxygen atoms in total. The largest absolute Gasteiger partial charge is 0.493 e. The first-order valence-electron chi connectivity index (χ1n) is 10.4. The van der Waals surface area contributed by atoms with Crippen LogP contribution in [0.1, 0.15) is 22.6 Å². The van der Waals surface area contributed by atoms with Crippen molar-refractivity contribution >= 4 is 0 Å². The second-order valence-electron chi connectivity index (χ2n) is 7.85. The number of benzene rings is 2. The average Bonchev–Trinajstić information content (AvgIpc) is 3.29. The van der Waals surface area contributed by atoms with Crippen molar-refractivity contribution in [2.75, 3.05) is 55.6 Å². The van der Waals surface area contributed by atoms with Gasteiger partial charge >= 0.3 is 0 Å². The van der Waals surface area contributed by atoms with Gasteiger partial charge in [-0.1, -0.05) is 6.07 Å². The van der Waals surface area contributed by atoms with Crippen molar-refractivity contribution in [1.82, 2.24) is 0 Å². The summed E-state index contributed by atoms with van der Waals surface area (Å²) in [5, 5.41) is 0. The Morgan fingerprint density at radius 2 is 1.52 bits per heavy atom. The van der Waals surface area contributed by atoms with Gasteiger partial charge in [0.15, 0.2) is 23.0 Å². The van der Waals surface area contributed by atoms with Gasteiger partial charge in [0.2, 0.25) is 12.5 Å². The van der Waals surface area contributed by atoms with Crippen LogP contribution in [0.4, 0.5) is 0 Å². The molecule has 0 fully saturated rings. The predicted molar refractivity (Wildman–Crippen MR) is 115 cm³/mol. The van der Waals surface area contributed by atoms with Gasteiger partial charge in [-0.2, -0.15) is 0 Å².